The Bertz CT molecular complexity index is 554. The van der Waals surface area contributed by atoms with Gasteiger partial charge in [-0.3, -0.25) is 4.68 Å². The first-order valence-corrected chi connectivity index (χ1v) is 6.86. The first-order chi connectivity index (χ1) is 9.86. The van der Waals surface area contributed by atoms with Crippen molar-refractivity contribution in [1.82, 2.24) is 15.1 Å². The highest BCUT2D eigenvalue weighted by Crippen LogP contribution is 2.34. The van der Waals surface area contributed by atoms with Gasteiger partial charge in [-0.15, -0.1) is 0 Å². The van der Waals surface area contributed by atoms with Crippen LogP contribution in [-0.2, 0) is 13.0 Å². The number of nitrogens with zero attached hydrogens (tertiary/aromatic N) is 2. The topological polar surface area (TPSA) is 48.3 Å². The van der Waals surface area contributed by atoms with E-state index in [0.717, 1.165) is 31.0 Å². The summed E-state index contributed by atoms with van der Waals surface area (Å²) < 4.78 is 13.1. The summed E-state index contributed by atoms with van der Waals surface area (Å²) in [5, 5.41) is 7.70. The summed E-state index contributed by atoms with van der Waals surface area (Å²) in [5.41, 5.74) is 1.20. The SMILES string of the molecule is COc1cccc2c1OC[C@H](NCCn1cccn1)C2. The summed E-state index contributed by atoms with van der Waals surface area (Å²) in [6, 6.07) is 8.31. The van der Waals surface area contributed by atoms with Crippen molar-refractivity contribution in [1.29, 1.82) is 0 Å². The fourth-order valence-electron chi connectivity index (χ4n) is 2.50. The standard InChI is InChI=1S/C15H19N3O2/c1-19-14-5-2-4-12-10-13(11-20-15(12)14)16-7-9-18-8-3-6-17-18/h2-6,8,13,16H,7,9-11H2,1H3/t13-/m1/s1. The molecule has 20 heavy (non-hydrogen) atoms. The van der Waals surface area contributed by atoms with Crippen molar-refractivity contribution in [2.75, 3.05) is 20.3 Å². The molecule has 106 valence electrons. The van der Waals surface area contributed by atoms with Gasteiger partial charge < -0.3 is 14.8 Å². The third-order valence-corrected chi connectivity index (χ3v) is 3.51. The van der Waals surface area contributed by atoms with Crippen molar-refractivity contribution in [3.63, 3.8) is 0 Å². The van der Waals surface area contributed by atoms with Crippen LogP contribution in [0.1, 0.15) is 5.56 Å². The van der Waals surface area contributed by atoms with E-state index in [1.807, 2.05) is 29.1 Å². The number of benzene rings is 1. The van der Waals surface area contributed by atoms with Gasteiger partial charge in [0.1, 0.15) is 6.61 Å². The van der Waals surface area contributed by atoms with E-state index in [1.54, 1.807) is 13.3 Å². The molecule has 0 bridgehead atoms. The average Bonchev–Trinajstić information content (AvgIpc) is 2.99. The molecule has 2 aromatic rings. The molecule has 0 spiro atoms. The molecule has 1 aromatic heterocycles. The number of para-hydroxylation sites is 1. The number of hydrogen-bond donors (Lipinski definition) is 1. The van der Waals surface area contributed by atoms with E-state index in [-0.39, 0.29) is 0 Å². The van der Waals surface area contributed by atoms with Crippen molar-refractivity contribution in [3.05, 3.63) is 42.2 Å². The molecule has 2 heterocycles. The largest absolute Gasteiger partial charge is 0.493 e. The Kier molecular flexibility index (Phi) is 3.87. The monoisotopic (exact) mass is 273 g/mol. The summed E-state index contributed by atoms with van der Waals surface area (Å²) in [6.07, 6.45) is 4.73. The van der Waals surface area contributed by atoms with E-state index in [4.69, 9.17) is 9.47 Å². The third-order valence-electron chi connectivity index (χ3n) is 3.51. The molecule has 1 aromatic carbocycles. The van der Waals surface area contributed by atoms with Crippen LogP contribution < -0.4 is 14.8 Å². The van der Waals surface area contributed by atoms with Crippen LogP contribution in [-0.4, -0.2) is 36.1 Å². The average molecular weight is 273 g/mol. The fourth-order valence-corrected chi connectivity index (χ4v) is 2.50. The zero-order valence-electron chi connectivity index (χ0n) is 11.6. The van der Waals surface area contributed by atoms with E-state index in [9.17, 15) is 0 Å². The number of hydrogen-bond acceptors (Lipinski definition) is 4. The lowest BCUT2D eigenvalue weighted by Gasteiger charge is -2.27. The molecule has 1 atom stereocenters. The Morgan fingerprint density at radius 2 is 2.40 bits per heavy atom. The van der Waals surface area contributed by atoms with E-state index in [2.05, 4.69) is 16.5 Å². The summed E-state index contributed by atoms with van der Waals surface area (Å²) in [4.78, 5) is 0. The molecule has 0 saturated heterocycles. The van der Waals surface area contributed by atoms with Crippen molar-refractivity contribution >= 4 is 0 Å². The van der Waals surface area contributed by atoms with Gasteiger partial charge in [0.2, 0.25) is 0 Å². The Balaban J connectivity index is 1.56. The van der Waals surface area contributed by atoms with Gasteiger partial charge in [0, 0.05) is 25.0 Å². The van der Waals surface area contributed by atoms with Crippen LogP contribution in [0.15, 0.2) is 36.7 Å². The molecule has 0 saturated carbocycles. The van der Waals surface area contributed by atoms with Gasteiger partial charge >= 0.3 is 0 Å². The highest BCUT2D eigenvalue weighted by atomic mass is 16.5. The molecule has 1 aliphatic heterocycles. The smallest absolute Gasteiger partial charge is 0.164 e. The molecular formula is C15H19N3O2. The number of fused-ring (bicyclic) bond motifs is 1. The van der Waals surface area contributed by atoms with Gasteiger partial charge in [0.05, 0.1) is 13.7 Å². The molecule has 0 radical (unpaired) electrons. The van der Waals surface area contributed by atoms with Crippen molar-refractivity contribution in [2.24, 2.45) is 0 Å². The van der Waals surface area contributed by atoms with Crippen LogP contribution in [0.3, 0.4) is 0 Å². The minimum Gasteiger partial charge on any atom is -0.493 e. The Morgan fingerprint density at radius 1 is 1.45 bits per heavy atom. The second-order valence-electron chi connectivity index (χ2n) is 4.88. The van der Waals surface area contributed by atoms with Crippen LogP contribution >= 0.6 is 0 Å². The van der Waals surface area contributed by atoms with Gasteiger partial charge in [-0.2, -0.15) is 5.10 Å². The number of nitrogens with one attached hydrogen (secondary N) is 1. The van der Waals surface area contributed by atoms with E-state index >= 15 is 0 Å². The Labute approximate surface area is 118 Å². The minimum absolute atomic E-state index is 0.338. The molecule has 0 fully saturated rings. The molecule has 3 rings (SSSR count). The third kappa shape index (κ3) is 2.77. The normalized spacial score (nSPS) is 17.4. The predicted molar refractivity (Wildman–Crippen MR) is 76.2 cm³/mol. The molecule has 0 unspecified atom stereocenters. The number of rotatable bonds is 5. The van der Waals surface area contributed by atoms with Gasteiger partial charge in [-0.1, -0.05) is 12.1 Å². The first kappa shape index (κ1) is 13.0. The van der Waals surface area contributed by atoms with Crippen LogP contribution in [0.25, 0.3) is 0 Å². The minimum atomic E-state index is 0.338. The number of methoxy groups -OCH3 is 1. The zero-order chi connectivity index (χ0) is 13.8. The van der Waals surface area contributed by atoms with Crippen LogP contribution in [0.2, 0.25) is 0 Å². The van der Waals surface area contributed by atoms with E-state index in [1.165, 1.54) is 5.56 Å². The molecule has 5 heteroatoms. The van der Waals surface area contributed by atoms with E-state index < -0.39 is 0 Å². The first-order valence-electron chi connectivity index (χ1n) is 6.86. The summed E-state index contributed by atoms with van der Waals surface area (Å²) in [6.45, 7) is 2.43. The molecule has 0 aliphatic carbocycles. The molecule has 1 aliphatic rings. The van der Waals surface area contributed by atoms with Crippen molar-refractivity contribution < 1.29 is 9.47 Å². The number of aromatic nitrogens is 2. The molecule has 5 nitrogen and oxygen atoms in total. The molecular weight excluding hydrogens is 254 g/mol. The summed E-state index contributed by atoms with van der Waals surface area (Å²) in [7, 11) is 1.67. The van der Waals surface area contributed by atoms with Gasteiger partial charge in [0.15, 0.2) is 11.5 Å². The van der Waals surface area contributed by atoms with Crippen LogP contribution in [0.4, 0.5) is 0 Å². The predicted octanol–water partition coefficient (Wildman–Crippen LogP) is 1.49. The summed E-state index contributed by atoms with van der Waals surface area (Å²) in [5.74, 6) is 1.71. The van der Waals surface area contributed by atoms with Crippen molar-refractivity contribution in [3.8, 4) is 11.5 Å². The van der Waals surface area contributed by atoms with Crippen molar-refractivity contribution in [2.45, 2.75) is 19.0 Å². The lowest BCUT2D eigenvalue weighted by Crippen LogP contribution is -2.40. The summed E-state index contributed by atoms with van der Waals surface area (Å²) >= 11 is 0. The maximum absolute atomic E-state index is 5.84. The fraction of sp³-hybridized carbons (Fsp3) is 0.400. The molecule has 1 N–H and O–H groups in total. The lowest BCUT2D eigenvalue weighted by molar-refractivity contribution is 0.226. The second-order valence-corrected chi connectivity index (χ2v) is 4.88. The van der Waals surface area contributed by atoms with Gasteiger partial charge in [0.25, 0.3) is 0 Å². The number of ether oxygens (including phenoxy) is 2. The Hall–Kier alpha value is -2.01. The maximum Gasteiger partial charge on any atom is 0.164 e. The maximum atomic E-state index is 5.84. The molecule has 0 amide bonds. The highest BCUT2D eigenvalue weighted by Gasteiger charge is 2.21. The second kappa shape index (κ2) is 5.96. The zero-order valence-corrected chi connectivity index (χ0v) is 11.6. The highest BCUT2D eigenvalue weighted by molar-refractivity contribution is 5.48. The van der Waals surface area contributed by atoms with Crippen LogP contribution in [0.5, 0.6) is 11.5 Å². The Morgan fingerprint density at radius 3 is 3.20 bits per heavy atom. The van der Waals surface area contributed by atoms with Crippen LogP contribution in [0, 0.1) is 0 Å². The quantitative estimate of drug-likeness (QED) is 0.896. The van der Waals surface area contributed by atoms with Gasteiger partial charge in [-0.25, -0.2) is 0 Å². The van der Waals surface area contributed by atoms with E-state index in [0.29, 0.717) is 12.6 Å². The van der Waals surface area contributed by atoms with Gasteiger partial charge in [-0.05, 0) is 24.1 Å². The lowest BCUT2D eigenvalue weighted by atomic mass is 10.0.